The Morgan fingerprint density at radius 3 is 2.27 bits per heavy atom. The third-order valence-electron chi connectivity index (χ3n) is 5.01. The normalized spacial score (nSPS) is 10.9. The fraction of sp³-hybridized carbons (Fsp3) is 0.120. The molecular weight excluding hydrogens is 418 g/mol. The molecule has 4 aromatic rings. The number of aromatic amines is 1. The number of carbonyl (C=O) groups excluding carboxylic acids is 1. The summed E-state index contributed by atoms with van der Waals surface area (Å²) >= 11 is 0. The molecule has 0 aliphatic rings. The Hall–Kier alpha value is -4.46. The van der Waals surface area contributed by atoms with Crippen molar-refractivity contribution in [3.8, 4) is 5.75 Å². The van der Waals surface area contributed by atoms with Gasteiger partial charge in [0.15, 0.2) is 0 Å². The fourth-order valence-corrected chi connectivity index (χ4v) is 3.28. The van der Waals surface area contributed by atoms with Gasteiger partial charge in [-0.25, -0.2) is 4.79 Å². The van der Waals surface area contributed by atoms with Crippen molar-refractivity contribution < 1.29 is 14.2 Å². The van der Waals surface area contributed by atoms with Gasteiger partial charge in [0.25, 0.3) is 0 Å². The summed E-state index contributed by atoms with van der Waals surface area (Å²) in [6, 6.07) is 26.3. The Balaban J connectivity index is 1.62. The summed E-state index contributed by atoms with van der Waals surface area (Å²) < 4.78 is 6.66. The minimum Gasteiger partial charge on any atom is -0.497 e. The molecule has 0 aliphatic carbocycles. The van der Waals surface area contributed by atoms with Crippen LogP contribution < -0.4 is 20.3 Å². The van der Waals surface area contributed by atoms with Crippen molar-refractivity contribution in [2.45, 2.75) is 13.1 Å². The lowest BCUT2D eigenvalue weighted by atomic mass is 10.2. The number of nitrogens with one attached hydrogen (secondary N) is 2. The third-order valence-corrected chi connectivity index (χ3v) is 5.01. The SMILES string of the molecule is COc1ccc(/C=N\n2[nH][n+](Cc3ccccc3)c(C(=O)NCc3ccccc3)c2=O)cc1. The number of aromatic nitrogens is 3. The van der Waals surface area contributed by atoms with Crippen LogP contribution >= 0.6 is 0 Å². The minimum atomic E-state index is -0.541. The van der Waals surface area contributed by atoms with Crippen LogP contribution in [0.2, 0.25) is 0 Å². The second kappa shape index (κ2) is 10.2. The molecule has 0 radical (unpaired) electrons. The first-order valence-electron chi connectivity index (χ1n) is 10.4. The van der Waals surface area contributed by atoms with Crippen molar-refractivity contribution in [2.75, 3.05) is 7.11 Å². The van der Waals surface area contributed by atoms with Crippen molar-refractivity contribution in [1.29, 1.82) is 0 Å². The first-order valence-corrected chi connectivity index (χ1v) is 10.4. The fourth-order valence-electron chi connectivity index (χ4n) is 3.28. The predicted molar refractivity (Wildman–Crippen MR) is 124 cm³/mol. The van der Waals surface area contributed by atoms with E-state index in [1.807, 2.05) is 72.8 Å². The van der Waals surface area contributed by atoms with Crippen molar-refractivity contribution in [3.05, 3.63) is 118 Å². The van der Waals surface area contributed by atoms with E-state index >= 15 is 0 Å². The molecule has 0 unspecified atom stereocenters. The molecule has 3 aromatic carbocycles. The van der Waals surface area contributed by atoms with Crippen molar-refractivity contribution in [3.63, 3.8) is 0 Å². The van der Waals surface area contributed by atoms with Crippen LogP contribution in [-0.4, -0.2) is 29.2 Å². The largest absolute Gasteiger partial charge is 0.497 e. The summed E-state index contributed by atoms with van der Waals surface area (Å²) in [7, 11) is 1.59. The van der Waals surface area contributed by atoms with Gasteiger partial charge in [0.1, 0.15) is 12.3 Å². The Labute approximate surface area is 190 Å². The highest BCUT2D eigenvalue weighted by molar-refractivity contribution is 5.90. The number of hydrogen-bond acceptors (Lipinski definition) is 4. The summed E-state index contributed by atoms with van der Waals surface area (Å²) in [5.41, 5.74) is 2.09. The Morgan fingerprint density at radius 2 is 1.64 bits per heavy atom. The molecule has 1 amide bonds. The average Bonchev–Trinajstić information content (AvgIpc) is 3.17. The zero-order valence-corrected chi connectivity index (χ0v) is 18.1. The van der Waals surface area contributed by atoms with Crippen LogP contribution in [0.25, 0.3) is 0 Å². The van der Waals surface area contributed by atoms with Crippen molar-refractivity contribution in [1.82, 2.24) is 15.3 Å². The van der Waals surface area contributed by atoms with Crippen LogP contribution in [0.15, 0.2) is 94.8 Å². The van der Waals surface area contributed by atoms with Crippen LogP contribution in [0.1, 0.15) is 27.2 Å². The van der Waals surface area contributed by atoms with Gasteiger partial charge in [0, 0.05) is 11.3 Å². The summed E-state index contributed by atoms with van der Waals surface area (Å²) in [5.74, 6) is 0.247. The molecule has 1 heterocycles. The molecule has 0 saturated carbocycles. The highest BCUT2D eigenvalue weighted by Crippen LogP contribution is 2.09. The maximum absolute atomic E-state index is 13.1. The maximum Gasteiger partial charge on any atom is 0.432 e. The van der Waals surface area contributed by atoms with Crippen LogP contribution in [0.3, 0.4) is 0 Å². The molecule has 1 aromatic heterocycles. The van der Waals surface area contributed by atoms with Crippen molar-refractivity contribution in [2.24, 2.45) is 5.10 Å². The molecule has 0 aliphatic heterocycles. The molecule has 0 fully saturated rings. The van der Waals surface area contributed by atoms with E-state index in [9.17, 15) is 9.59 Å². The van der Waals surface area contributed by atoms with E-state index < -0.39 is 11.5 Å². The lowest BCUT2D eigenvalue weighted by Gasteiger charge is -2.03. The monoisotopic (exact) mass is 442 g/mol. The van der Waals surface area contributed by atoms with E-state index in [4.69, 9.17) is 4.74 Å². The molecule has 0 bridgehead atoms. The number of hydrogen-bond donors (Lipinski definition) is 2. The number of methoxy groups -OCH3 is 1. The van der Waals surface area contributed by atoms with Crippen LogP contribution in [-0.2, 0) is 13.1 Å². The van der Waals surface area contributed by atoms with Gasteiger partial charge in [0.2, 0.25) is 0 Å². The van der Waals surface area contributed by atoms with Gasteiger partial charge in [-0.1, -0.05) is 71.0 Å². The van der Waals surface area contributed by atoms with E-state index in [1.54, 1.807) is 19.2 Å². The molecule has 4 rings (SSSR count). The number of benzene rings is 3. The maximum atomic E-state index is 13.1. The zero-order chi connectivity index (χ0) is 23.0. The van der Waals surface area contributed by atoms with Gasteiger partial charge in [-0.05, 0) is 41.0 Å². The molecular formula is C25H24N5O3+. The number of amides is 1. The lowest BCUT2D eigenvalue weighted by molar-refractivity contribution is -0.749. The Morgan fingerprint density at radius 1 is 1.00 bits per heavy atom. The van der Waals surface area contributed by atoms with Gasteiger partial charge in [-0.2, -0.15) is 0 Å². The lowest BCUT2D eigenvalue weighted by Crippen LogP contribution is -2.46. The predicted octanol–water partition coefficient (Wildman–Crippen LogP) is 2.33. The summed E-state index contributed by atoms with van der Waals surface area (Å²) in [5, 5.41) is 9.97. The topological polar surface area (TPSA) is 92.4 Å². The Kier molecular flexibility index (Phi) is 6.75. The second-order valence-electron chi connectivity index (χ2n) is 7.32. The number of H-pyrrole nitrogens is 1. The van der Waals surface area contributed by atoms with Crippen LogP contribution in [0, 0.1) is 0 Å². The standard InChI is InChI=1S/C25H23N5O3/c1-33-22-14-12-20(13-15-22)17-27-30-25(32)23(24(31)26-16-19-8-4-2-5-9-19)29(28-30)18-21-10-6-3-7-11-21/h2-15,17H,16,18H2,1H3,(H-,26,28,31,32)/p+1/b27-17-. The zero-order valence-electron chi connectivity index (χ0n) is 18.1. The summed E-state index contributed by atoms with van der Waals surface area (Å²) in [6.45, 7) is 0.625. The highest BCUT2D eigenvalue weighted by Gasteiger charge is 2.28. The number of rotatable bonds is 8. The molecule has 8 heteroatoms. The van der Waals surface area contributed by atoms with E-state index in [2.05, 4.69) is 15.6 Å². The molecule has 0 atom stereocenters. The second-order valence-corrected chi connectivity index (χ2v) is 7.32. The van der Waals surface area contributed by atoms with Crippen molar-refractivity contribution >= 4 is 12.1 Å². The minimum absolute atomic E-state index is 0.0262. The van der Waals surface area contributed by atoms with E-state index in [1.165, 1.54) is 10.9 Å². The molecule has 0 saturated heterocycles. The molecule has 8 nitrogen and oxygen atoms in total. The molecule has 33 heavy (non-hydrogen) atoms. The van der Waals surface area contributed by atoms with E-state index in [0.29, 0.717) is 13.1 Å². The molecule has 166 valence electrons. The van der Waals surface area contributed by atoms with Gasteiger partial charge < -0.3 is 10.1 Å². The molecule has 2 N–H and O–H groups in total. The van der Waals surface area contributed by atoms with Crippen LogP contribution in [0.4, 0.5) is 0 Å². The quantitative estimate of drug-likeness (QED) is 0.324. The van der Waals surface area contributed by atoms with Gasteiger partial charge in [0.05, 0.1) is 13.3 Å². The number of carbonyl (C=O) groups is 1. The first kappa shape index (κ1) is 21.8. The van der Waals surface area contributed by atoms with E-state index in [-0.39, 0.29) is 5.69 Å². The third kappa shape index (κ3) is 5.43. The number of ether oxygens (including phenoxy) is 1. The van der Waals surface area contributed by atoms with Crippen LogP contribution in [0.5, 0.6) is 5.75 Å². The first-order chi connectivity index (χ1) is 16.1. The highest BCUT2D eigenvalue weighted by atomic mass is 16.5. The smallest absolute Gasteiger partial charge is 0.432 e. The number of nitrogens with zero attached hydrogens (tertiary/aromatic N) is 3. The summed E-state index contributed by atoms with van der Waals surface area (Å²) in [6.07, 6.45) is 1.54. The average molecular weight is 442 g/mol. The Bertz CT molecular complexity index is 1290. The van der Waals surface area contributed by atoms with E-state index in [0.717, 1.165) is 27.2 Å². The summed E-state index contributed by atoms with van der Waals surface area (Å²) in [4.78, 5) is 27.1. The van der Waals surface area contributed by atoms with Gasteiger partial charge >= 0.3 is 17.2 Å². The molecule has 0 spiro atoms. The van der Waals surface area contributed by atoms with Gasteiger partial charge in [-0.3, -0.25) is 4.79 Å². The van der Waals surface area contributed by atoms with Gasteiger partial charge in [-0.15, -0.1) is 4.68 Å².